The maximum absolute atomic E-state index is 7.17. The number of ether oxygens (including phenoxy) is 6. The molecule has 5 unspecified atom stereocenters. The number of hydrogen-bond acceptors (Lipinski definition) is 12. The number of hydrogen-bond donors (Lipinski definition) is 0. The van der Waals surface area contributed by atoms with Crippen LogP contribution in [0, 0.1) is 17.3 Å². The van der Waals surface area contributed by atoms with Crippen molar-refractivity contribution in [1.29, 1.82) is 0 Å². The zero-order chi connectivity index (χ0) is 30.5. The lowest BCUT2D eigenvalue weighted by Gasteiger charge is -2.70. The Kier molecular flexibility index (Phi) is 10.7. The van der Waals surface area contributed by atoms with Gasteiger partial charge in [0, 0.05) is 35.7 Å². The molecule has 12 heteroatoms. The van der Waals surface area contributed by atoms with Gasteiger partial charge in [-0.3, -0.25) is 0 Å². The molecule has 248 valence electrons. The molecular formula is C31H52O6S6. The molecule has 43 heavy (non-hydrogen) atoms. The zero-order valence-electron chi connectivity index (χ0n) is 26.9. The minimum absolute atomic E-state index is 0.0441. The van der Waals surface area contributed by atoms with Gasteiger partial charge < -0.3 is 28.4 Å². The molecule has 6 nitrogen and oxygen atoms in total. The van der Waals surface area contributed by atoms with Gasteiger partial charge in [-0.2, -0.15) is 0 Å². The first-order valence-corrected chi connectivity index (χ1v) is 22.1. The summed E-state index contributed by atoms with van der Waals surface area (Å²) in [6, 6.07) is 0. The van der Waals surface area contributed by atoms with E-state index in [-0.39, 0.29) is 20.0 Å². The Hall–Kier alpha value is 1.86. The SMILES string of the molecule is CC1(C(C(C2(C)OCCCS2)C(C2(C)OCCCO2)(C2(C)OCCS2)C2(C)SCCS2)C2(C)SCCCS2)OCCCO1. The minimum Gasteiger partial charge on any atom is -0.364 e. The fourth-order valence-corrected chi connectivity index (χ4v) is 19.1. The van der Waals surface area contributed by atoms with E-state index >= 15 is 0 Å². The maximum atomic E-state index is 7.17. The quantitative estimate of drug-likeness (QED) is 0.249. The predicted molar refractivity (Wildman–Crippen MR) is 189 cm³/mol. The number of thioether (sulfide) groups is 6. The lowest BCUT2D eigenvalue weighted by Crippen LogP contribution is -2.78. The summed E-state index contributed by atoms with van der Waals surface area (Å²) in [4.78, 5) is -1.15. The van der Waals surface area contributed by atoms with E-state index in [9.17, 15) is 0 Å². The molecule has 6 heterocycles. The molecule has 6 aliphatic rings. The Morgan fingerprint density at radius 3 is 1.65 bits per heavy atom. The van der Waals surface area contributed by atoms with E-state index in [1.165, 1.54) is 6.42 Å². The first-order valence-electron chi connectivity index (χ1n) is 16.2. The molecule has 6 fully saturated rings. The van der Waals surface area contributed by atoms with Crippen LogP contribution in [-0.2, 0) is 28.4 Å². The second-order valence-electron chi connectivity index (χ2n) is 13.2. The van der Waals surface area contributed by atoms with Crippen molar-refractivity contribution in [3.8, 4) is 0 Å². The zero-order valence-corrected chi connectivity index (χ0v) is 31.8. The fraction of sp³-hybridized carbons (Fsp3) is 1.00. The summed E-state index contributed by atoms with van der Waals surface area (Å²) in [6.07, 6.45) is 4.10. The Labute approximate surface area is 285 Å². The van der Waals surface area contributed by atoms with Crippen LogP contribution in [0.4, 0.5) is 0 Å². The van der Waals surface area contributed by atoms with Gasteiger partial charge in [-0.1, -0.05) is 0 Å². The molecular weight excluding hydrogens is 661 g/mol. The van der Waals surface area contributed by atoms with Crippen molar-refractivity contribution in [3.05, 3.63) is 0 Å². The van der Waals surface area contributed by atoms with E-state index < -0.39 is 26.9 Å². The first-order chi connectivity index (χ1) is 20.5. The maximum Gasteiger partial charge on any atom is 0.177 e. The van der Waals surface area contributed by atoms with Gasteiger partial charge in [-0.15, -0.1) is 70.6 Å². The van der Waals surface area contributed by atoms with E-state index in [1.807, 2.05) is 23.5 Å². The first kappa shape index (κ1) is 34.7. The highest BCUT2D eigenvalue weighted by atomic mass is 32.2. The average Bonchev–Trinajstić information content (AvgIpc) is 3.63. The molecule has 6 aliphatic heterocycles. The Morgan fingerprint density at radius 2 is 1.09 bits per heavy atom. The van der Waals surface area contributed by atoms with Gasteiger partial charge in [0.1, 0.15) is 9.87 Å². The summed E-state index contributed by atoms with van der Waals surface area (Å²) in [5.74, 6) is 4.59. The summed E-state index contributed by atoms with van der Waals surface area (Å²) in [5, 5.41) is 0. The monoisotopic (exact) mass is 712 g/mol. The van der Waals surface area contributed by atoms with Crippen LogP contribution in [0.5, 0.6) is 0 Å². The molecule has 0 aromatic heterocycles. The highest BCUT2D eigenvalue weighted by Gasteiger charge is 2.81. The summed E-state index contributed by atoms with van der Waals surface area (Å²) < 4.78 is 41.8. The van der Waals surface area contributed by atoms with Crippen LogP contribution in [-0.4, -0.2) is 104 Å². The van der Waals surface area contributed by atoms with Gasteiger partial charge in [0.15, 0.2) is 11.6 Å². The molecule has 0 N–H and O–H groups in total. The van der Waals surface area contributed by atoms with Crippen molar-refractivity contribution in [2.24, 2.45) is 17.3 Å². The third-order valence-electron chi connectivity index (χ3n) is 10.6. The average molecular weight is 713 g/mol. The van der Waals surface area contributed by atoms with Gasteiger partial charge >= 0.3 is 0 Å². The largest absolute Gasteiger partial charge is 0.364 e. The molecule has 0 aliphatic carbocycles. The van der Waals surface area contributed by atoms with Crippen molar-refractivity contribution >= 4 is 70.6 Å². The van der Waals surface area contributed by atoms with Crippen LogP contribution in [0.2, 0.25) is 0 Å². The fourth-order valence-electron chi connectivity index (χ4n) is 8.95. The topological polar surface area (TPSA) is 55.4 Å². The molecule has 0 aromatic carbocycles. The predicted octanol–water partition coefficient (Wildman–Crippen LogP) is 7.64. The van der Waals surface area contributed by atoms with Crippen LogP contribution in [0.1, 0.15) is 67.2 Å². The van der Waals surface area contributed by atoms with Crippen molar-refractivity contribution in [2.45, 2.75) is 96.8 Å². The van der Waals surface area contributed by atoms with Crippen LogP contribution >= 0.6 is 70.6 Å². The van der Waals surface area contributed by atoms with E-state index in [0.29, 0.717) is 26.4 Å². The van der Waals surface area contributed by atoms with Crippen molar-refractivity contribution in [2.75, 3.05) is 74.2 Å². The van der Waals surface area contributed by atoms with Crippen molar-refractivity contribution in [3.63, 3.8) is 0 Å². The Morgan fingerprint density at radius 1 is 0.512 bits per heavy atom. The molecule has 6 rings (SSSR count). The smallest absolute Gasteiger partial charge is 0.177 e. The molecule has 5 atom stereocenters. The van der Waals surface area contributed by atoms with Gasteiger partial charge in [0.2, 0.25) is 0 Å². The summed E-state index contributed by atoms with van der Waals surface area (Å²) in [6.45, 7) is 18.4. The lowest BCUT2D eigenvalue weighted by molar-refractivity contribution is -0.379. The van der Waals surface area contributed by atoms with Gasteiger partial charge in [-0.05, 0) is 84.5 Å². The lowest BCUT2D eigenvalue weighted by atomic mass is 9.55. The Balaban J connectivity index is 1.70. The van der Waals surface area contributed by atoms with Gasteiger partial charge in [0.05, 0.1) is 46.6 Å². The van der Waals surface area contributed by atoms with E-state index in [4.69, 9.17) is 28.4 Å². The highest BCUT2D eigenvalue weighted by Crippen LogP contribution is 2.77. The van der Waals surface area contributed by atoms with E-state index in [2.05, 4.69) is 88.6 Å². The van der Waals surface area contributed by atoms with Gasteiger partial charge in [-0.25, -0.2) is 0 Å². The minimum atomic E-state index is -0.922. The summed E-state index contributed by atoms with van der Waals surface area (Å²) >= 11 is 12.3. The molecule has 0 radical (unpaired) electrons. The molecule has 0 spiro atoms. The van der Waals surface area contributed by atoms with Crippen LogP contribution in [0.25, 0.3) is 0 Å². The summed E-state index contributed by atoms with van der Waals surface area (Å²) in [5.41, 5.74) is -0.654. The molecule has 6 saturated heterocycles. The van der Waals surface area contributed by atoms with Crippen LogP contribution < -0.4 is 0 Å². The number of rotatable bonds is 8. The van der Waals surface area contributed by atoms with E-state index in [1.54, 1.807) is 0 Å². The summed E-state index contributed by atoms with van der Waals surface area (Å²) in [7, 11) is 0. The van der Waals surface area contributed by atoms with Crippen molar-refractivity contribution in [1.82, 2.24) is 0 Å². The Bertz CT molecular complexity index is 902. The molecule has 0 aromatic rings. The third-order valence-corrected chi connectivity index (χ3v) is 20.2. The van der Waals surface area contributed by atoms with Crippen LogP contribution in [0.3, 0.4) is 0 Å². The van der Waals surface area contributed by atoms with Crippen LogP contribution in [0.15, 0.2) is 0 Å². The van der Waals surface area contributed by atoms with Crippen molar-refractivity contribution < 1.29 is 28.4 Å². The molecule has 0 amide bonds. The highest BCUT2D eigenvalue weighted by molar-refractivity contribution is 8.21. The molecule has 0 saturated carbocycles. The normalized spacial score (nSPS) is 38.7. The van der Waals surface area contributed by atoms with E-state index in [0.717, 1.165) is 67.0 Å². The standard InChI is InChI=1S/C31H52O6S6/c1-25(32-11-7-12-33-25)23(27(3)39-18-10-19-40-27)24(26(2)34-15-9-17-38-26)31(29(5)37-16-20-41-29,30(6)42-21-22-43-30)28(4)35-13-8-14-36-28/h23-24H,7-22H2,1-6H3. The van der Waals surface area contributed by atoms with Gasteiger partial charge in [0.25, 0.3) is 0 Å². The third kappa shape index (κ3) is 5.83. The second kappa shape index (κ2) is 13.3. The molecule has 0 bridgehead atoms. The second-order valence-corrected chi connectivity index (χ2v) is 22.9.